The van der Waals surface area contributed by atoms with Crippen molar-refractivity contribution < 1.29 is 26.3 Å². The fourth-order valence-corrected chi connectivity index (χ4v) is 2.32. The third kappa shape index (κ3) is 4.79. The summed E-state index contributed by atoms with van der Waals surface area (Å²) in [5.74, 6) is 0. The summed E-state index contributed by atoms with van der Waals surface area (Å²) in [4.78, 5) is 1.53. The average molecular weight is 302 g/mol. The van der Waals surface area contributed by atoms with Crippen LogP contribution >= 0.6 is 35.1 Å². The first-order valence-corrected chi connectivity index (χ1v) is 5.48. The highest BCUT2D eigenvalue weighted by molar-refractivity contribution is 8.01. The molecule has 1 aromatic rings. The predicted octanol–water partition coefficient (Wildman–Crippen LogP) is 4.89. The van der Waals surface area contributed by atoms with Gasteiger partial charge in [-0.2, -0.15) is 26.3 Å². The van der Waals surface area contributed by atoms with Crippen molar-refractivity contribution in [1.29, 1.82) is 0 Å². The molecular weight excluding hydrogens is 300 g/mol. The van der Waals surface area contributed by atoms with Gasteiger partial charge in [0.15, 0.2) is 0 Å². The lowest BCUT2D eigenvalue weighted by Gasteiger charge is -2.02. The van der Waals surface area contributed by atoms with E-state index in [1.165, 1.54) is 0 Å². The first-order chi connectivity index (χ1) is 7.07. The van der Waals surface area contributed by atoms with Gasteiger partial charge in [0.05, 0.1) is 9.92 Å². The van der Waals surface area contributed by atoms with Gasteiger partial charge < -0.3 is 4.98 Å². The lowest BCUT2D eigenvalue weighted by molar-refractivity contribution is -0.0336. The van der Waals surface area contributed by atoms with Gasteiger partial charge in [-0.3, -0.25) is 0 Å². The van der Waals surface area contributed by atoms with Crippen LogP contribution in [0.25, 0.3) is 0 Å². The monoisotopic (exact) mass is 301 g/mol. The molecule has 0 aliphatic carbocycles. The van der Waals surface area contributed by atoms with Crippen LogP contribution < -0.4 is 0 Å². The Labute approximate surface area is 98.9 Å². The standard InChI is InChI=1S/C6H2ClF6NS2/c7-4-2(15-5(8,9)10)1-3(14-4)16-6(11,12)13/h1,14H. The molecule has 10 heteroatoms. The molecular formula is C6H2ClF6NS2. The van der Waals surface area contributed by atoms with Gasteiger partial charge >= 0.3 is 11.0 Å². The molecule has 1 rings (SSSR count). The molecule has 1 nitrogen and oxygen atoms in total. The van der Waals surface area contributed by atoms with E-state index in [-0.39, 0.29) is 0 Å². The van der Waals surface area contributed by atoms with E-state index in [1.807, 2.05) is 4.98 Å². The Hall–Kier alpha value is -0.150. The van der Waals surface area contributed by atoms with E-state index >= 15 is 0 Å². The number of rotatable bonds is 2. The van der Waals surface area contributed by atoms with Crippen LogP contribution in [-0.4, -0.2) is 16.0 Å². The van der Waals surface area contributed by atoms with E-state index in [0.29, 0.717) is 6.07 Å². The second-order valence-corrected chi connectivity index (χ2v) is 5.00. The SMILES string of the molecule is FC(F)(F)Sc1cc(SC(F)(F)F)c(Cl)[nH]1. The fraction of sp³-hybridized carbons (Fsp3) is 0.333. The predicted molar refractivity (Wildman–Crippen MR) is 49.6 cm³/mol. The quantitative estimate of drug-likeness (QED) is 0.618. The molecule has 0 radical (unpaired) electrons. The Balaban J connectivity index is 2.82. The smallest absolute Gasteiger partial charge is 0.340 e. The van der Waals surface area contributed by atoms with Crippen molar-refractivity contribution in [2.75, 3.05) is 0 Å². The number of thioether (sulfide) groups is 2. The van der Waals surface area contributed by atoms with Gasteiger partial charge in [-0.05, 0) is 17.8 Å². The third-order valence-electron chi connectivity index (χ3n) is 1.16. The van der Waals surface area contributed by atoms with E-state index in [2.05, 4.69) is 0 Å². The van der Waals surface area contributed by atoms with Crippen molar-refractivity contribution in [3.63, 3.8) is 0 Å². The van der Waals surface area contributed by atoms with Gasteiger partial charge in [-0.25, -0.2) is 0 Å². The fourth-order valence-electron chi connectivity index (χ4n) is 0.767. The van der Waals surface area contributed by atoms with Crippen LogP contribution in [0.15, 0.2) is 16.0 Å². The van der Waals surface area contributed by atoms with Gasteiger partial charge in [0.1, 0.15) is 5.15 Å². The summed E-state index contributed by atoms with van der Waals surface area (Å²) in [6.45, 7) is 0. The number of nitrogens with one attached hydrogen (secondary N) is 1. The topological polar surface area (TPSA) is 15.8 Å². The number of aromatic amines is 1. The molecule has 0 amide bonds. The molecule has 1 N–H and O–H groups in total. The summed E-state index contributed by atoms with van der Waals surface area (Å²) in [5.41, 5.74) is -9.17. The highest BCUT2D eigenvalue weighted by atomic mass is 35.5. The van der Waals surface area contributed by atoms with Gasteiger partial charge in [0.2, 0.25) is 0 Å². The molecule has 0 aromatic carbocycles. The van der Waals surface area contributed by atoms with Gasteiger partial charge in [-0.15, -0.1) is 0 Å². The highest BCUT2D eigenvalue weighted by Crippen LogP contribution is 2.44. The third-order valence-corrected chi connectivity index (χ3v) is 3.02. The normalized spacial score (nSPS) is 13.2. The lowest BCUT2D eigenvalue weighted by atomic mass is 10.7. The molecule has 0 aliphatic heterocycles. The molecule has 0 aliphatic rings. The zero-order valence-electron chi connectivity index (χ0n) is 7.04. The molecule has 0 saturated heterocycles. The number of alkyl halides is 6. The van der Waals surface area contributed by atoms with Crippen molar-refractivity contribution in [1.82, 2.24) is 4.98 Å². The van der Waals surface area contributed by atoms with Crippen LogP contribution in [0.3, 0.4) is 0 Å². The molecule has 0 fully saturated rings. The number of hydrogen-bond acceptors (Lipinski definition) is 2. The molecule has 0 spiro atoms. The second-order valence-electron chi connectivity index (χ2n) is 2.41. The van der Waals surface area contributed by atoms with Crippen molar-refractivity contribution in [2.45, 2.75) is 20.9 Å². The summed E-state index contributed by atoms with van der Waals surface area (Å²) < 4.78 is 71.5. The van der Waals surface area contributed by atoms with Crippen molar-refractivity contribution in [2.24, 2.45) is 0 Å². The Morgan fingerprint density at radius 2 is 1.50 bits per heavy atom. The molecule has 1 aromatic heterocycles. The largest absolute Gasteiger partial charge is 0.447 e. The number of halogens is 7. The van der Waals surface area contributed by atoms with Crippen molar-refractivity contribution in [3.8, 4) is 0 Å². The molecule has 0 saturated carbocycles. The summed E-state index contributed by atoms with van der Waals surface area (Å²) in [6.07, 6.45) is 0. The number of hydrogen-bond donors (Lipinski definition) is 1. The van der Waals surface area contributed by atoms with Crippen molar-refractivity contribution in [3.05, 3.63) is 11.2 Å². The first-order valence-electron chi connectivity index (χ1n) is 3.47. The summed E-state index contributed by atoms with van der Waals surface area (Å²) in [6, 6.07) is 0.707. The second kappa shape index (κ2) is 4.61. The number of H-pyrrole nitrogens is 1. The van der Waals surface area contributed by atoms with Crippen LogP contribution in [0.2, 0.25) is 5.15 Å². The maximum Gasteiger partial charge on any atom is 0.447 e. The molecule has 92 valence electrons. The van der Waals surface area contributed by atoms with E-state index in [9.17, 15) is 26.3 Å². The van der Waals surface area contributed by atoms with Gasteiger partial charge in [0, 0.05) is 11.8 Å². The molecule has 16 heavy (non-hydrogen) atoms. The zero-order chi connectivity index (χ0) is 12.6. The van der Waals surface area contributed by atoms with Gasteiger partial charge in [-0.1, -0.05) is 11.6 Å². The van der Waals surface area contributed by atoms with E-state index < -0.39 is 49.6 Å². The number of aromatic nitrogens is 1. The van der Waals surface area contributed by atoms with E-state index in [4.69, 9.17) is 11.6 Å². The zero-order valence-corrected chi connectivity index (χ0v) is 9.43. The van der Waals surface area contributed by atoms with Gasteiger partial charge in [0.25, 0.3) is 0 Å². The Kier molecular flexibility index (Phi) is 4.01. The van der Waals surface area contributed by atoms with Crippen molar-refractivity contribution >= 4 is 35.1 Å². The van der Waals surface area contributed by atoms with Crippen LogP contribution in [0.5, 0.6) is 0 Å². The first kappa shape index (κ1) is 13.9. The van der Waals surface area contributed by atoms with E-state index in [0.717, 1.165) is 0 Å². The van der Waals surface area contributed by atoms with Crippen LogP contribution in [0.4, 0.5) is 26.3 Å². The molecule has 0 atom stereocenters. The average Bonchev–Trinajstić information content (AvgIpc) is 2.23. The minimum atomic E-state index is -4.59. The Morgan fingerprint density at radius 3 is 1.94 bits per heavy atom. The molecule has 1 heterocycles. The molecule has 0 unspecified atom stereocenters. The maximum atomic E-state index is 11.9. The summed E-state index contributed by atoms with van der Waals surface area (Å²) in [7, 11) is 0. The van der Waals surface area contributed by atoms with E-state index in [1.54, 1.807) is 0 Å². The maximum absolute atomic E-state index is 11.9. The Morgan fingerprint density at radius 1 is 1.00 bits per heavy atom. The molecule has 0 bridgehead atoms. The summed E-state index contributed by atoms with van der Waals surface area (Å²) >= 11 is 4.19. The minimum absolute atomic E-state index is 0.464. The van der Waals surface area contributed by atoms with Crippen LogP contribution in [0.1, 0.15) is 0 Å². The van der Waals surface area contributed by atoms with Crippen LogP contribution in [-0.2, 0) is 0 Å². The highest BCUT2D eigenvalue weighted by Gasteiger charge is 2.34. The Bertz CT molecular complexity index is 370. The lowest BCUT2D eigenvalue weighted by Crippen LogP contribution is -1.99. The minimum Gasteiger partial charge on any atom is -0.340 e. The summed E-state index contributed by atoms with van der Waals surface area (Å²) in [5, 5.41) is -0.946. The van der Waals surface area contributed by atoms with Crippen LogP contribution in [0, 0.1) is 0 Å².